The summed E-state index contributed by atoms with van der Waals surface area (Å²) >= 11 is 0. The van der Waals surface area contributed by atoms with Crippen molar-refractivity contribution in [2.75, 3.05) is 0 Å². The molecule has 6 heteroatoms. The SMILES string of the molecule is Cc1ccc(S(=O)(=O)N(C=O)/N=C2/CC3CCC2C3(C)C)cc1. The Kier molecular flexibility index (Phi) is 3.83. The largest absolute Gasteiger partial charge is 0.285 e. The molecular weight excluding hydrogens is 312 g/mol. The first-order chi connectivity index (χ1) is 10.8. The molecule has 0 aromatic heterocycles. The first-order valence-corrected chi connectivity index (χ1v) is 9.34. The molecule has 0 saturated heterocycles. The zero-order valence-corrected chi connectivity index (χ0v) is 14.5. The number of hydrogen-bond donors (Lipinski definition) is 0. The highest BCUT2D eigenvalue weighted by atomic mass is 32.2. The maximum atomic E-state index is 12.6. The van der Waals surface area contributed by atoms with Gasteiger partial charge < -0.3 is 0 Å². The van der Waals surface area contributed by atoms with Gasteiger partial charge in [0.2, 0.25) is 6.41 Å². The maximum Gasteiger partial charge on any atom is 0.285 e. The number of sulfonamides is 1. The molecule has 2 atom stereocenters. The smallest absolute Gasteiger partial charge is 0.276 e. The molecule has 5 nitrogen and oxygen atoms in total. The summed E-state index contributed by atoms with van der Waals surface area (Å²) in [5, 5.41) is 4.24. The Labute approximate surface area is 137 Å². The van der Waals surface area contributed by atoms with E-state index in [0.29, 0.717) is 16.7 Å². The van der Waals surface area contributed by atoms with E-state index in [2.05, 4.69) is 18.9 Å². The number of benzene rings is 1. The van der Waals surface area contributed by atoms with E-state index >= 15 is 0 Å². The Bertz CT molecular complexity index is 751. The average molecular weight is 334 g/mol. The number of hydrogen-bond acceptors (Lipinski definition) is 4. The van der Waals surface area contributed by atoms with Crippen LogP contribution in [0.4, 0.5) is 0 Å². The van der Waals surface area contributed by atoms with E-state index in [0.717, 1.165) is 30.5 Å². The number of carbonyl (C=O) groups excluding carboxylic acids is 1. The molecule has 2 saturated carbocycles. The molecular formula is C17H22N2O3S. The first kappa shape index (κ1) is 16.2. The number of fused-ring (bicyclic) bond motifs is 2. The molecule has 0 spiro atoms. The van der Waals surface area contributed by atoms with Crippen LogP contribution in [-0.4, -0.2) is 25.0 Å². The molecule has 0 aliphatic heterocycles. The predicted molar refractivity (Wildman–Crippen MR) is 88.3 cm³/mol. The molecule has 0 heterocycles. The second kappa shape index (κ2) is 5.44. The lowest BCUT2D eigenvalue weighted by molar-refractivity contribution is -0.114. The summed E-state index contributed by atoms with van der Waals surface area (Å²) in [6.07, 6.45) is 3.25. The molecule has 2 bridgehead atoms. The minimum Gasteiger partial charge on any atom is -0.276 e. The Balaban J connectivity index is 1.93. The van der Waals surface area contributed by atoms with Crippen molar-refractivity contribution in [1.29, 1.82) is 0 Å². The van der Waals surface area contributed by atoms with Crippen molar-refractivity contribution in [3.63, 3.8) is 0 Å². The number of rotatable bonds is 4. The van der Waals surface area contributed by atoms with Gasteiger partial charge in [0.05, 0.1) is 4.90 Å². The molecule has 0 radical (unpaired) electrons. The van der Waals surface area contributed by atoms with Crippen molar-refractivity contribution in [1.82, 2.24) is 4.41 Å². The Morgan fingerprint density at radius 2 is 1.87 bits per heavy atom. The molecule has 1 aromatic carbocycles. The highest BCUT2D eigenvalue weighted by Gasteiger charge is 2.52. The Morgan fingerprint density at radius 3 is 2.35 bits per heavy atom. The zero-order chi connectivity index (χ0) is 16.8. The third-order valence-electron chi connectivity index (χ3n) is 5.49. The van der Waals surface area contributed by atoms with E-state index in [-0.39, 0.29) is 16.2 Å². The first-order valence-electron chi connectivity index (χ1n) is 7.90. The van der Waals surface area contributed by atoms with Crippen LogP contribution < -0.4 is 0 Å². The number of aryl methyl sites for hydroxylation is 1. The van der Waals surface area contributed by atoms with Crippen molar-refractivity contribution >= 4 is 22.1 Å². The van der Waals surface area contributed by atoms with Crippen LogP contribution >= 0.6 is 0 Å². The topological polar surface area (TPSA) is 66.8 Å². The molecule has 124 valence electrons. The molecule has 0 N–H and O–H groups in total. The molecule has 23 heavy (non-hydrogen) atoms. The van der Waals surface area contributed by atoms with Crippen LogP contribution in [-0.2, 0) is 14.8 Å². The molecule has 2 fully saturated rings. The summed E-state index contributed by atoms with van der Waals surface area (Å²) in [6.45, 7) is 6.29. The second-order valence-electron chi connectivity index (χ2n) is 7.14. The molecule has 1 amide bonds. The summed E-state index contributed by atoms with van der Waals surface area (Å²) < 4.78 is 25.8. The van der Waals surface area contributed by atoms with Crippen molar-refractivity contribution in [3.8, 4) is 0 Å². The van der Waals surface area contributed by atoms with E-state index in [1.165, 1.54) is 12.1 Å². The van der Waals surface area contributed by atoms with Gasteiger partial charge in [0.15, 0.2) is 0 Å². The van der Waals surface area contributed by atoms with Crippen LogP contribution in [0, 0.1) is 24.2 Å². The number of hydrazone groups is 1. The molecule has 2 aliphatic carbocycles. The lowest BCUT2D eigenvalue weighted by atomic mass is 9.82. The van der Waals surface area contributed by atoms with Gasteiger partial charge in [-0.2, -0.15) is 13.5 Å². The number of nitrogens with zero attached hydrogens (tertiary/aromatic N) is 2. The monoisotopic (exact) mass is 334 g/mol. The Morgan fingerprint density at radius 1 is 1.22 bits per heavy atom. The van der Waals surface area contributed by atoms with Gasteiger partial charge in [0.1, 0.15) is 0 Å². The van der Waals surface area contributed by atoms with E-state index in [1.54, 1.807) is 12.1 Å². The lowest BCUT2D eigenvalue weighted by Crippen LogP contribution is -2.28. The normalized spacial score (nSPS) is 27.3. The Hall–Kier alpha value is -1.69. The van der Waals surface area contributed by atoms with Crippen molar-refractivity contribution in [2.24, 2.45) is 22.4 Å². The average Bonchev–Trinajstić information content (AvgIpc) is 2.92. The fourth-order valence-corrected chi connectivity index (χ4v) is 4.96. The van der Waals surface area contributed by atoms with Crippen LogP contribution in [0.3, 0.4) is 0 Å². The second-order valence-corrected chi connectivity index (χ2v) is 8.94. The summed E-state index contributed by atoms with van der Waals surface area (Å²) in [5.41, 5.74) is 1.94. The van der Waals surface area contributed by atoms with Gasteiger partial charge in [-0.25, -0.2) is 0 Å². The zero-order valence-electron chi connectivity index (χ0n) is 13.7. The highest BCUT2D eigenvalue weighted by molar-refractivity contribution is 7.89. The van der Waals surface area contributed by atoms with Gasteiger partial charge >= 0.3 is 0 Å². The van der Waals surface area contributed by atoms with Crippen LogP contribution in [0.2, 0.25) is 0 Å². The number of amides is 1. The van der Waals surface area contributed by atoms with Crippen LogP contribution in [0.15, 0.2) is 34.3 Å². The summed E-state index contributed by atoms with van der Waals surface area (Å²) in [5.74, 6) is 0.796. The minimum absolute atomic E-state index is 0.0852. The van der Waals surface area contributed by atoms with E-state index in [4.69, 9.17) is 0 Å². The fraction of sp³-hybridized carbons (Fsp3) is 0.529. The van der Waals surface area contributed by atoms with Crippen molar-refractivity contribution in [2.45, 2.75) is 44.9 Å². The molecule has 2 aliphatic rings. The van der Waals surface area contributed by atoms with Crippen LogP contribution in [0.1, 0.15) is 38.7 Å². The van der Waals surface area contributed by atoms with Gasteiger partial charge in [-0.05, 0) is 49.7 Å². The number of carbonyl (C=O) groups is 1. The highest BCUT2D eigenvalue weighted by Crippen LogP contribution is 2.56. The standard InChI is InChI=1S/C17H22N2O3S/c1-12-4-7-14(8-5-12)23(21,22)19(11-20)18-16-10-13-6-9-15(16)17(13,2)3/h4-5,7-8,11,13,15H,6,9-10H2,1-3H3/b18-16-. The van der Waals surface area contributed by atoms with E-state index in [1.807, 2.05) is 6.92 Å². The van der Waals surface area contributed by atoms with Gasteiger partial charge in [0.25, 0.3) is 10.0 Å². The van der Waals surface area contributed by atoms with Gasteiger partial charge in [-0.1, -0.05) is 31.5 Å². The van der Waals surface area contributed by atoms with Crippen LogP contribution in [0.25, 0.3) is 0 Å². The summed E-state index contributed by atoms with van der Waals surface area (Å²) in [6, 6.07) is 6.44. The molecule has 3 rings (SSSR count). The maximum absolute atomic E-state index is 12.6. The van der Waals surface area contributed by atoms with Crippen LogP contribution in [0.5, 0.6) is 0 Å². The molecule has 1 aromatic rings. The summed E-state index contributed by atoms with van der Waals surface area (Å²) in [4.78, 5) is 11.5. The minimum atomic E-state index is -3.93. The predicted octanol–water partition coefficient (Wildman–Crippen LogP) is 2.95. The van der Waals surface area contributed by atoms with Gasteiger partial charge in [0, 0.05) is 11.6 Å². The molecule has 2 unspecified atom stereocenters. The van der Waals surface area contributed by atoms with Crippen molar-refractivity contribution < 1.29 is 13.2 Å². The third kappa shape index (κ3) is 2.59. The lowest BCUT2D eigenvalue weighted by Gasteiger charge is -2.23. The van der Waals surface area contributed by atoms with Gasteiger partial charge in [-0.15, -0.1) is 4.41 Å². The third-order valence-corrected chi connectivity index (χ3v) is 7.02. The quantitative estimate of drug-likeness (QED) is 0.628. The van der Waals surface area contributed by atoms with E-state index < -0.39 is 10.0 Å². The van der Waals surface area contributed by atoms with Gasteiger partial charge in [-0.3, -0.25) is 4.79 Å². The van der Waals surface area contributed by atoms with E-state index in [9.17, 15) is 13.2 Å². The summed E-state index contributed by atoms with van der Waals surface area (Å²) in [7, 11) is -3.93. The van der Waals surface area contributed by atoms with Crippen molar-refractivity contribution in [3.05, 3.63) is 29.8 Å². The fourth-order valence-electron chi connectivity index (χ4n) is 3.94.